The Kier molecular flexibility index (Phi) is 4.78. The standard InChI is InChI=1S/C21H28N4O2/c1-24(2)20-22-12-15(13-23-20)14-25-17-6-7-18(25)11-21(26,10-17)16-4-8-19(27-3)9-5-16/h4-5,8-9,12-13,17-18,26H,6-7,10-11,14H2,1-3H3/t17-,18-/m1/s1. The fourth-order valence-electron chi connectivity index (χ4n) is 4.58. The van der Waals surface area contributed by atoms with Gasteiger partial charge in [-0.3, -0.25) is 4.90 Å². The van der Waals surface area contributed by atoms with Gasteiger partial charge >= 0.3 is 0 Å². The maximum Gasteiger partial charge on any atom is 0.224 e. The Labute approximate surface area is 160 Å². The van der Waals surface area contributed by atoms with Crippen molar-refractivity contribution in [2.45, 2.75) is 49.9 Å². The largest absolute Gasteiger partial charge is 0.497 e. The number of benzene rings is 1. The summed E-state index contributed by atoms with van der Waals surface area (Å²) in [5, 5.41) is 11.4. The van der Waals surface area contributed by atoms with Crippen molar-refractivity contribution in [3.8, 4) is 5.75 Å². The fourth-order valence-corrected chi connectivity index (χ4v) is 4.58. The molecule has 2 atom stereocenters. The minimum absolute atomic E-state index is 0.393. The van der Waals surface area contributed by atoms with Gasteiger partial charge in [-0.2, -0.15) is 0 Å². The zero-order valence-electron chi connectivity index (χ0n) is 16.3. The third-order valence-corrected chi connectivity index (χ3v) is 6.00. The summed E-state index contributed by atoms with van der Waals surface area (Å²) in [7, 11) is 5.55. The first kappa shape index (κ1) is 18.2. The van der Waals surface area contributed by atoms with Crippen LogP contribution in [0.4, 0.5) is 5.95 Å². The molecule has 144 valence electrons. The van der Waals surface area contributed by atoms with Crippen LogP contribution in [-0.2, 0) is 12.1 Å². The molecule has 0 spiro atoms. The van der Waals surface area contributed by atoms with E-state index in [0.29, 0.717) is 12.1 Å². The van der Waals surface area contributed by atoms with Crippen molar-refractivity contribution < 1.29 is 9.84 Å². The van der Waals surface area contributed by atoms with E-state index in [1.165, 1.54) is 0 Å². The molecule has 2 fully saturated rings. The lowest BCUT2D eigenvalue weighted by atomic mass is 9.80. The highest BCUT2D eigenvalue weighted by molar-refractivity contribution is 5.32. The molecule has 1 aromatic carbocycles. The van der Waals surface area contributed by atoms with Crippen molar-refractivity contribution in [1.29, 1.82) is 0 Å². The number of hydrogen-bond acceptors (Lipinski definition) is 6. The lowest BCUT2D eigenvalue weighted by Gasteiger charge is -2.44. The second-order valence-electron chi connectivity index (χ2n) is 8.01. The molecule has 0 unspecified atom stereocenters. The Morgan fingerprint density at radius 1 is 1.11 bits per heavy atom. The maximum atomic E-state index is 11.4. The normalized spacial score (nSPS) is 27.6. The van der Waals surface area contributed by atoms with Crippen molar-refractivity contribution >= 4 is 5.95 Å². The molecule has 0 amide bonds. The Balaban J connectivity index is 1.48. The molecule has 2 aliphatic rings. The number of aliphatic hydroxyl groups is 1. The van der Waals surface area contributed by atoms with Crippen LogP contribution in [-0.4, -0.2) is 53.3 Å². The summed E-state index contributed by atoms with van der Waals surface area (Å²) in [6.07, 6.45) is 7.66. The summed E-state index contributed by atoms with van der Waals surface area (Å²) in [6, 6.07) is 8.66. The van der Waals surface area contributed by atoms with E-state index >= 15 is 0 Å². The molecule has 0 radical (unpaired) electrons. The summed E-state index contributed by atoms with van der Waals surface area (Å²) in [5.74, 6) is 1.55. The van der Waals surface area contributed by atoms with Gasteiger partial charge in [0.05, 0.1) is 12.7 Å². The highest BCUT2D eigenvalue weighted by Gasteiger charge is 2.48. The minimum atomic E-state index is -0.750. The molecule has 27 heavy (non-hydrogen) atoms. The van der Waals surface area contributed by atoms with Gasteiger partial charge in [0.15, 0.2) is 0 Å². The Morgan fingerprint density at radius 2 is 1.70 bits per heavy atom. The predicted molar refractivity (Wildman–Crippen MR) is 105 cm³/mol. The molecule has 2 aliphatic heterocycles. The van der Waals surface area contributed by atoms with Crippen LogP contribution >= 0.6 is 0 Å². The van der Waals surface area contributed by atoms with Crippen LogP contribution in [0.3, 0.4) is 0 Å². The van der Waals surface area contributed by atoms with Gasteiger partial charge in [0.25, 0.3) is 0 Å². The summed E-state index contributed by atoms with van der Waals surface area (Å²) >= 11 is 0. The van der Waals surface area contributed by atoms with E-state index in [4.69, 9.17) is 4.74 Å². The van der Waals surface area contributed by atoms with E-state index in [0.717, 1.165) is 55.1 Å². The van der Waals surface area contributed by atoms with Gasteiger partial charge in [-0.15, -0.1) is 0 Å². The molecule has 2 bridgehead atoms. The van der Waals surface area contributed by atoms with Gasteiger partial charge in [-0.05, 0) is 43.4 Å². The highest BCUT2D eigenvalue weighted by atomic mass is 16.5. The molecule has 3 heterocycles. The van der Waals surface area contributed by atoms with Crippen LogP contribution < -0.4 is 9.64 Å². The Morgan fingerprint density at radius 3 is 2.22 bits per heavy atom. The van der Waals surface area contributed by atoms with E-state index in [-0.39, 0.29) is 0 Å². The van der Waals surface area contributed by atoms with Crippen LogP contribution in [0.25, 0.3) is 0 Å². The third-order valence-electron chi connectivity index (χ3n) is 6.00. The second kappa shape index (κ2) is 7.09. The molecule has 2 aromatic rings. The Hall–Kier alpha value is -2.18. The van der Waals surface area contributed by atoms with Crippen molar-refractivity contribution in [3.63, 3.8) is 0 Å². The van der Waals surface area contributed by atoms with Crippen molar-refractivity contribution in [2.75, 3.05) is 26.1 Å². The van der Waals surface area contributed by atoms with Crippen LogP contribution in [0.1, 0.15) is 36.8 Å². The number of nitrogens with zero attached hydrogens (tertiary/aromatic N) is 4. The predicted octanol–water partition coefficient (Wildman–Crippen LogP) is 2.57. The molecule has 0 aliphatic carbocycles. The molecule has 6 heteroatoms. The Bertz CT molecular complexity index is 762. The van der Waals surface area contributed by atoms with Gasteiger partial charge in [0.1, 0.15) is 5.75 Å². The van der Waals surface area contributed by atoms with Crippen molar-refractivity contribution in [2.24, 2.45) is 0 Å². The topological polar surface area (TPSA) is 61.7 Å². The van der Waals surface area contributed by atoms with Gasteiger partial charge in [-0.25, -0.2) is 9.97 Å². The van der Waals surface area contributed by atoms with E-state index in [2.05, 4.69) is 14.9 Å². The number of ether oxygens (including phenoxy) is 1. The monoisotopic (exact) mass is 368 g/mol. The maximum absolute atomic E-state index is 11.4. The summed E-state index contributed by atoms with van der Waals surface area (Å²) < 4.78 is 5.25. The first-order valence-electron chi connectivity index (χ1n) is 9.59. The molecule has 2 saturated heterocycles. The number of rotatable bonds is 5. The van der Waals surface area contributed by atoms with Crippen LogP contribution in [0.5, 0.6) is 5.75 Å². The van der Waals surface area contributed by atoms with Crippen molar-refractivity contribution in [3.05, 3.63) is 47.8 Å². The zero-order valence-corrected chi connectivity index (χ0v) is 16.3. The van der Waals surface area contributed by atoms with E-state index < -0.39 is 5.60 Å². The minimum Gasteiger partial charge on any atom is -0.497 e. The molecule has 1 aromatic heterocycles. The van der Waals surface area contributed by atoms with Gasteiger partial charge in [0, 0.05) is 50.7 Å². The fraction of sp³-hybridized carbons (Fsp3) is 0.524. The number of methoxy groups -OCH3 is 1. The summed E-state index contributed by atoms with van der Waals surface area (Å²) in [4.78, 5) is 13.3. The highest BCUT2D eigenvalue weighted by Crippen LogP contribution is 2.46. The van der Waals surface area contributed by atoms with Gasteiger partial charge in [0.2, 0.25) is 5.95 Å². The van der Waals surface area contributed by atoms with Gasteiger partial charge in [-0.1, -0.05) is 12.1 Å². The quantitative estimate of drug-likeness (QED) is 0.875. The lowest BCUT2D eigenvalue weighted by molar-refractivity contribution is -0.0595. The van der Waals surface area contributed by atoms with Crippen LogP contribution in [0, 0.1) is 0 Å². The van der Waals surface area contributed by atoms with Crippen LogP contribution in [0.2, 0.25) is 0 Å². The second-order valence-corrected chi connectivity index (χ2v) is 8.01. The number of anilines is 1. The van der Waals surface area contributed by atoms with Crippen LogP contribution in [0.15, 0.2) is 36.7 Å². The zero-order chi connectivity index (χ0) is 19.0. The van der Waals surface area contributed by atoms with Crippen molar-refractivity contribution in [1.82, 2.24) is 14.9 Å². The smallest absolute Gasteiger partial charge is 0.224 e. The molecule has 0 saturated carbocycles. The molecular weight excluding hydrogens is 340 g/mol. The van der Waals surface area contributed by atoms with E-state index in [9.17, 15) is 5.11 Å². The first-order chi connectivity index (χ1) is 13.0. The lowest BCUT2D eigenvalue weighted by Crippen LogP contribution is -2.49. The number of fused-ring (bicyclic) bond motifs is 2. The number of hydrogen-bond donors (Lipinski definition) is 1. The summed E-state index contributed by atoms with van der Waals surface area (Å²) in [6.45, 7) is 0.849. The average Bonchev–Trinajstić information content (AvgIpc) is 2.92. The number of piperidine rings is 1. The van der Waals surface area contributed by atoms with E-state index in [1.807, 2.05) is 55.7 Å². The first-order valence-corrected chi connectivity index (χ1v) is 9.59. The van der Waals surface area contributed by atoms with E-state index in [1.54, 1.807) is 7.11 Å². The molecule has 4 rings (SSSR count). The molecule has 6 nitrogen and oxygen atoms in total. The third kappa shape index (κ3) is 3.51. The molecule has 1 N–H and O–H groups in total. The molecular formula is C21H28N4O2. The summed E-state index contributed by atoms with van der Waals surface area (Å²) in [5.41, 5.74) is 1.38. The van der Waals surface area contributed by atoms with Gasteiger partial charge < -0.3 is 14.7 Å². The SMILES string of the molecule is COc1ccc(C2(O)C[C@H]3CC[C@H](C2)N3Cc2cnc(N(C)C)nc2)cc1. The number of aromatic nitrogens is 2. The average molecular weight is 368 g/mol.